The number of carbonyl (C=O) groups excluding carboxylic acids is 1. The average molecular weight is 499 g/mol. The summed E-state index contributed by atoms with van der Waals surface area (Å²) >= 11 is 0. The van der Waals surface area contributed by atoms with Crippen LogP contribution < -0.4 is 4.90 Å². The first-order valence-corrected chi connectivity index (χ1v) is 13.1. The number of cyclic esters (lactones) is 1. The van der Waals surface area contributed by atoms with Crippen molar-refractivity contribution in [3.8, 4) is 11.6 Å². The monoisotopic (exact) mass is 498 g/mol. The Labute approximate surface area is 215 Å². The molecule has 0 N–H and O–H groups in total. The molecule has 2 fully saturated rings. The summed E-state index contributed by atoms with van der Waals surface area (Å²) in [5.41, 5.74) is 5.42. The Morgan fingerprint density at radius 1 is 1.03 bits per heavy atom. The maximum atomic E-state index is 11.8. The maximum Gasteiger partial charge on any atom is 0.338 e. The lowest BCUT2D eigenvalue weighted by molar-refractivity contribution is 0.0535. The highest BCUT2D eigenvalue weighted by Gasteiger charge is 2.41. The van der Waals surface area contributed by atoms with Crippen LogP contribution in [0.3, 0.4) is 0 Å². The summed E-state index contributed by atoms with van der Waals surface area (Å²) in [7, 11) is 0. The number of esters is 1. The number of rotatable bonds is 5. The SMILES string of the molecule is Cc1c(CCN2CCC3(CC2)CCN(c2ccc4nnc(-c5ccco5)n4n2)C3)ccc2c1COC2=O. The highest BCUT2D eigenvalue weighted by Crippen LogP contribution is 2.41. The van der Waals surface area contributed by atoms with Crippen LogP contribution in [0.4, 0.5) is 5.82 Å². The summed E-state index contributed by atoms with van der Waals surface area (Å²) in [6.07, 6.45) is 6.27. The smallest absolute Gasteiger partial charge is 0.338 e. The number of hydrogen-bond acceptors (Lipinski definition) is 8. The van der Waals surface area contributed by atoms with Crippen LogP contribution in [-0.2, 0) is 17.8 Å². The van der Waals surface area contributed by atoms with Crippen LogP contribution in [-0.4, -0.2) is 63.4 Å². The van der Waals surface area contributed by atoms with Gasteiger partial charge in [0, 0.05) is 25.2 Å². The van der Waals surface area contributed by atoms with Crippen molar-refractivity contribution in [2.45, 2.75) is 39.2 Å². The number of piperidine rings is 1. The lowest BCUT2D eigenvalue weighted by Crippen LogP contribution is -2.42. The Bertz CT molecular complexity index is 1470. The number of likely N-dealkylation sites (tertiary alicyclic amines) is 1. The van der Waals surface area contributed by atoms with Crippen LogP contribution in [0, 0.1) is 12.3 Å². The summed E-state index contributed by atoms with van der Waals surface area (Å²) in [5.74, 6) is 2.07. The van der Waals surface area contributed by atoms with Crippen molar-refractivity contribution >= 4 is 17.4 Å². The molecule has 190 valence electrons. The Morgan fingerprint density at radius 2 is 1.89 bits per heavy atom. The molecule has 9 nitrogen and oxygen atoms in total. The van der Waals surface area contributed by atoms with Crippen LogP contribution in [0.1, 0.15) is 46.3 Å². The minimum atomic E-state index is -0.189. The number of nitrogens with zero attached hydrogens (tertiary/aromatic N) is 6. The highest BCUT2D eigenvalue weighted by atomic mass is 16.5. The predicted molar refractivity (Wildman–Crippen MR) is 137 cm³/mol. The van der Waals surface area contributed by atoms with Gasteiger partial charge in [0.1, 0.15) is 12.4 Å². The van der Waals surface area contributed by atoms with E-state index in [1.165, 1.54) is 30.4 Å². The normalized spacial score (nSPS) is 19.2. The summed E-state index contributed by atoms with van der Waals surface area (Å²) in [5, 5.41) is 13.4. The van der Waals surface area contributed by atoms with Gasteiger partial charge in [-0.2, -0.15) is 4.52 Å². The fourth-order valence-electron chi connectivity index (χ4n) is 6.24. The van der Waals surface area contributed by atoms with Gasteiger partial charge in [-0.3, -0.25) is 0 Å². The molecule has 3 aliphatic heterocycles. The molecule has 0 aliphatic carbocycles. The molecule has 37 heavy (non-hydrogen) atoms. The largest absolute Gasteiger partial charge is 0.461 e. The number of fused-ring (bicyclic) bond motifs is 2. The quantitative estimate of drug-likeness (QED) is 0.383. The Balaban J connectivity index is 0.989. The molecule has 0 saturated carbocycles. The Kier molecular flexibility index (Phi) is 5.28. The summed E-state index contributed by atoms with van der Waals surface area (Å²) in [6.45, 7) is 7.90. The zero-order chi connectivity index (χ0) is 25.0. The summed E-state index contributed by atoms with van der Waals surface area (Å²) in [4.78, 5) is 16.8. The van der Waals surface area contributed by atoms with Crippen molar-refractivity contribution in [2.24, 2.45) is 5.41 Å². The van der Waals surface area contributed by atoms with Crippen LogP contribution in [0.25, 0.3) is 17.2 Å². The minimum absolute atomic E-state index is 0.189. The van der Waals surface area contributed by atoms with E-state index in [4.69, 9.17) is 14.3 Å². The Hall–Kier alpha value is -3.72. The van der Waals surface area contributed by atoms with E-state index in [0.29, 0.717) is 23.6 Å². The average Bonchev–Trinajstić information content (AvgIpc) is 3.72. The van der Waals surface area contributed by atoms with E-state index in [-0.39, 0.29) is 5.97 Å². The first kappa shape index (κ1) is 22.5. The minimum Gasteiger partial charge on any atom is -0.461 e. The van der Waals surface area contributed by atoms with Crippen LogP contribution in [0.15, 0.2) is 47.1 Å². The van der Waals surface area contributed by atoms with Crippen LogP contribution >= 0.6 is 0 Å². The molecule has 3 aliphatic rings. The van der Waals surface area contributed by atoms with Crippen LogP contribution in [0.2, 0.25) is 0 Å². The Morgan fingerprint density at radius 3 is 2.73 bits per heavy atom. The number of furan rings is 1. The van der Waals surface area contributed by atoms with Gasteiger partial charge >= 0.3 is 5.97 Å². The number of carbonyl (C=O) groups is 1. The molecule has 1 aromatic carbocycles. The van der Waals surface area contributed by atoms with Gasteiger partial charge in [-0.25, -0.2) is 4.79 Å². The molecule has 6 heterocycles. The van der Waals surface area contributed by atoms with E-state index < -0.39 is 0 Å². The molecule has 3 aromatic heterocycles. The molecule has 0 bridgehead atoms. The molecule has 0 atom stereocenters. The molecule has 0 radical (unpaired) electrons. The third-order valence-corrected chi connectivity index (χ3v) is 8.64. The van der Waals surface area contributed by atoms with Gasteiger partial charge in [0.25, 0.3) is 0 Å². The van der Waals surface area contributed by atoms with E-state index in [1.807, 2.05) is 24.3 Å². The van der Waals surface area contributed by atoms with Gasteiger partial charge in [0.2, 0.25) is 5.82 Å². The zero-order valence-corrected chi connectivity index (χ0v) is 21.0. The fraction of sp³-hybridized carbons (Fsp3) is 0.429. The molecule has 9 heteroatoms. The second-order valence-electron chi connectivity index (χ2n) is 10.7. The number of hydrogen-bond donors (Lipinski definition) is 0. The first-order chi connectivity index (χ1) is 18.1. The van der Waals surface area contributed by atoms with E-state index >= 15 is 0 Å². The van der Waals surface area contributed by atoms with Crippen molar-refractivity contribution in [1.82, 2.24) is 24.7 Å². The number of anilines is 1. The predicted octanol–water partition coefficient (Wildman–Crippen LogP) is 3.90. The van der Waals surface area contributed by atoms with Gasteiger partial charge in [-0.15, -0.1) is 15.3 Å². The second-order valence-corrected chi connectivity index (χ2v) is 10.7. The number of benzene rings is 1. The van der Waals surface area contributed by atoms with Crippen molar-refractivity contribution in [1.29, 1.82) is 0 Å². The van der Waals surface area contributed by atoms with Crippen molar-refractivity contribution < 1.29 is 13.9 Å². The molecular formula is C28H30N6O3. The lowest BCUT2D eigenvalue weighted by atomic mass is 9.77. The lowest BCUT2D eigenvalue weighted by Gasteiger charge is -2.39. The summed E-state index contributed by atoms with van der Waals surface area (Å²) in [6, 6.07) is 11.8. The van der Waals surface area contributed by atoms with Crippen molar-refractivity contribution in [3.63, 3.8) is 0 Å². The maximum absolute atomic E-state index is 11.8. The number of ether oxygens (including phenoxy) is 1. The first-order valence-electron chi connectivity index (χ1n) is 13.1. The molecule has 2 saturated heterocycles. The third kappa shape index (κ3) is 3.89. The van der Waals surface area contributed by atoms with E-state index in [0.717, 1.165) is 61.7 Å². The molecule has 0 unspecified atom stereocenters. The molecule has 4 aromatic rings. The second kappa shape index (κ2) is 8.69. The van der Waals surface area contributed by atoms with Gasteiger partial charge in [0.05, 0.1) is 11.8 Å². The van der Waals surface area contributed by atoms with Gasteiger partial charge in [-0.1, -0.05) is 6.07 Å². The van der Waals surface area contributed by atoms with Gasteiger partial charge < -0.3 is 19.0 Å². The molecule has 0 amide bonds. The van der Waals surface area contributed by atoms with Gasteiger partial charge in [0.15, 0.2) is 11.4 Å². The van der Waals surface area contributed by atoms with E-state index in [9.17, 15) is 4.79 Å². The number of aromatic nitrogens is 4. The fourth-order valence-corrected chi connectivity index (χ4v) is 6.24. The molecule has 7 rings (SSSR count). The standard InChI is InChI=1S/C28H30N6O3/c1-19-20(4-5-21-22(19)17-37-27(21)35)8-12-32-13-9-28(10-14-32)11-15-33(18-28)25-7-6-24-29-30-26(34(24)31-25)23-3-2-16-36-23/h2-7,16H,8-15,17-18H2,1H3. The van der Waals surface area contributed by atoms with E-state index in [1.54, 1.807) is 10.8 Å². The highest BCUT2D eigenvalue weighted by molar-refractivity contribution is 5.93. The molecule has 1 spiro atoms. The van der Waals surface area contributed by atoms with Crippen LogP contribution in [0.5, 0.6) is 0 Å². The van der Waals surface area contributed by atoms with Gasteiger partial charge in [-0.05, 0) is 92.6 Å². The molecular weight excluding hydrogens is 468 g/mol. The summed E-state index contributed by atoms with van der Waals surface area (Å²) < 4.78 is 12.5. The zero-order valence-electron chi connectivity index (χ0n) is 21.0. The van der Waals surface area contributed by atoms with Crippen molar-refractivity contribution in [2.75, 3.05) is 37.6 Å². The van der Waals surface area contributed by atoms with E-state index in [2.05, 4.69) is 39.1 Å². The third-order valence-electron chi connectivity index (χ3n) is 8.64. The van der Waals surface area contributed by atoms with Crippen molar-refractivity contribution in [3.05, 3.63) is 64.9 Å². The topological polar surface area (TPSA) is 89.0 Å².